The van der Waals surface area contributed by atoms with Crippen LogP contribution in [0.15, 0.2) is 6.20 Å². The van der Waals surface area contributed by atoms with Crippen LogP contribution in [0.25, 0.3) is 0 Å². The third kappa shape index (κ3) is 6.65. The van der Waals surface area contributed by atoms with Gasteiger partial charge in [-0.2, -0.15) is 5.10 Å². The van der Waals surface area contributed by atoms with E-state index in [0.717, 1.165) is 13.1 Å². The molecule has 1 aromatic heterocycles. The van der Waals surface area contributed by atoms with E-state index >= 15 is 0 Å². The Bertz CT molecular complexity index is 287. The van der Waals surface area contributed by atoms with E-state index < -0.39 is 0 Å². The molecule has 112 valence electrons. The number of anilines is 1. The zero-order valence-electron chi connectivity index (χ0n) is 13.6. The quantitative estimate of drug-likeness (QED) is 0.788. The largest absolute Gasteiger partial charge is 0.370 e. The number of aromatic nitrogens is 2. The molecule has 0 unspecified atom stereocenters. The second kappa shape index (κ2) is 12.1. The van der Waals surface area contributed by atoms with Gasteiger partial charge in [-0.1, -0.05) is 53.4 Å². The van der Waals surface area contributed by atoms with Gasteiger partial charge in [-0.05, 0) is 19.8 Å². The number of nitrogens with one attached hydrogen (secondary N) is 1. The standard InChI is InChI=1S/C8H13N3.C6H14.C2H6/c1-2-11-8-7(6-10-11)4-3-5-9-8;1-3-5-6-4-2;1-2/h6,9H,2-5H2,1H3;3-6H2,1-2H3;1-2H3. The summed E-state index contributed by atoms with van der Waals surface area (Å²) in [5, 5.41) is 7.63. The van der Waals surface area contributed by atoms with Crippen LogP contribution in [-0.2, 0) is 13.0 Å². The molecule has 1 aromatic rings. The van der Waals surface area contributed by atoms with Gasteiger partial charge in [0.1, 0.15) is 5.82 Å². The minimum atomic E-state index is 0.961. The molecule has 19 heavy (non-hydrogen) atoms. The summed E-state index contributed by atoms with van der Waals surface area (Å²) < 4.78 is 2.02. The zero-order valence-corrected chi connectivity index (χ0v) is 13.6. The Morgan fingerprint density at radius 3 is 2.32 bits per heavy atom. The van der Waals surface area contributed by atoms with Crippen molar-refractivity contribution in [1.82, 2.24) is 9.78 Å². The number of nitrogens with zero attached hydrogens (tertiary/aromatic N) is 2. The molecule has 3 heteroatoms. The molecule has 0 fully saturated rings. The van der Waals surface area contributed by atoms with Crippen LogP contribution in [0.5, 0.6) is 0 Å². The van der Waals surface area contributed by atoms with Crippen LogP contribution in [0.2, 0.25) is 0 Å². The molecule has 0 aliphatic carbocycles. The van der Waals surface area contributed by atoms with E-state index in [1.807, 2.05) is 24.7 Å². The van der Waals surface area contributed by atoms with Gasteiger partial charge in [0.05, 0.1) is 6.20 Å². The van der Waals surface area contributed by atoms with Crippen LogP contribution >= 0.6 is 0 Å². The van der Waals surface area contributed by atoms with Gasteiger partial charge >= 0.3 is 0 Å². The molecule has 0 saturated heterocycles. The van der Waals surface area contributed by atoms with E-state index in [1.165, 1.54) is 49.9 Å². The van der Waals surface area contributed by atoms with E-state index in [1.54, 1.807) is 0 Å². The molecule has 1 aliphatic rings. The molecule has 1 aliphatic heterocycles. The summed E-state index contributed by atoms with van der Waals surface area (Å²) in [5.74, 6) is 1.23. The van der Waals surface area contributed by atoms with Crippen LogP contribution in [-0.4, -0.2) is 16.3 Å². The molecule has 0 amide bonds. The van der Waals surface area contributed by atoms with Gasteiger partial charge in [0.2, 0.25) is 0 Å². The van der Waals surface area contributed by atoms with Crippen molar-refractivity contribution in [2.45, 2.75) is 79.7 Å². The summed E-state index contributed by atoms with van der Waals surface area (Å²) in [6.45, 7) is 12.6. The molecular formula is C16H33N3. The van der Waals surface area contributed by atoms with E-state index in [-0.39, 0.29) is 0 Å². The van der Waals surface area contributed by atoms with Gasteiger partial charge in [-0.25, -0.2) is 4.68 Å². The van der Waals surface area contributed by atoms with Gasteiger partial charge in [-0.15, -0.1) is 0 Å². The molecule has 0 aromatic carbocycles. The Labute approximate surface area is 119 Å². The lowest BCUT2D eigenvalue weighted by Crippen LogP contribution is -2.14. The van der Waals surface area contributed by atoms with E-state index in [2.05, 4.69) is 31.2 Å². The summed E-state index contributed by atoms with van der Waals surface area (Å²) in [6.07, 6.45) is 9.93. The summed E-state index contributed by atoms with van der Waals surface area (Å²) in [6, 6.07) is 0. The number of fused-ring (bicyclic) bond motifs is 1. The highest BCUT2D eigenvalue weighted by atomic mass is 15.3. The fraction of sp³-hybridized carbons (Fsp3) is 0.812. The predicted octanol–water partition coefficient (Wildman–Crippen LogP) is 4.87. The highest BCUT2D eigenvalue weighted by Gasteiger charge is 2.12. The van der Waals surface area contributed by atoms with Gasteiger partial charge < -0.3 is 5.32 Å². The Morgan fingerprint density at radius 2 is 1.79 bits per heavy atom. The van der Waals surface area contributed by atoms with Crippen molar-refractivity contribution in [3.8, 4) is 0 Å². The van der Waals surface area contributed by atoms with Crippen molar-refractivity contribution in [3.63, 3.8) is 0 Å². The molecule has 2 heterocycles. The molecule has 0 bridgehead atoms. The number of hydrogen-bond acceptors (Lipinski definition) is 2. The van der Waals surface area contributed by atoms with Crippen LogP contribution in [0.1, 0.15) is 72.3 Å². The molecule has 1 N–H and O–H groups in total. The highest BCUT2D eigenvalue weighted by molar-refractivity contribution is 5.45. The number of rotatable bonds is 4. The van der Waals surface area contributed by atoms with E-state index in [9.17, 15) is 0 Å². The van der Waals surface area contributed by atoms with Crippen molar-refractivity contribution in [2.24, 2.45) is 0 Å². The molecular weight excluding hydrogens is 234 g/mol. The average Bonchev–Trinajstić information content (AvgIpc) is 2.91. The Morgan fingerprint density at radius 1 is 1.16 bits per heavy atom. The number of hydrogen-bond donors (Lipinski definition) is 1. The SMILES string of the molecule is CC.CCCCCC.CCn1ncc2c1NCCC2. The summed E-state index contributed by atoms with van der Waals surface area (Å²) in [5.41, 5.74) is 1.37. The Kier molecular flexibility index (Phi) is 11.4. The lowest BCUT2D eigenvalue weighted by molar-refractivity contribution is 0.658. The highest BCUT2D eigenvalue weighted by Crippen LogP contribution is 2.20. The van der Waals surface area contributed by atoms with Gasteiger partial charge in [0.25, 0.3) is 0 Å². The van der Waals surface area contributed by atoms with Crippen molar-refractivity contribution in [3.05, 3.63) is 11.8 Å². The molecule has 0 spiro atoms. The summed E-state index contributed by atoms with van der Waals surface area (Å²) in [4.78, 5) is 0. The van der Waals surface area contributed by atoms with Crippen LogP contribution in [0, 0.1) is 0 Å². The normalized spacial score (nSPS) is 12.3. The van der Waals surface area contributed by atoms with Crippen molar-refractivity contribution < 1.29 is 0 Å². The van der Waals surface area contributed by atoms with Crippen LogP contribution < -0.4 is 5.32 Å². The predicted molar refractivity (Wildman–Crippen MR) is 85.9 cm³/mol. The maximum Gasteiger partial charge on any atom is 0.127 e. The second-order valence-corrected chi connectivity index (χ2v) is 4.57. The third-order valence-corrected chi connectivity index (χ3v) is 3.09. The van der Waals surface area contributed by atoms with Crippen molar-refractivity contribution in [1.29, 1.82) is 0 Å². The van der Waals surface area contributed by atoms with Crippen LogP contribution in [0.3, 0.4) is 0 Å². The molecule has 3 nitrogen and oxygen atoms in total. The maximum absolute atomic E-state index is 4.27. The van der Waals surface area contributed by atoms with Gasteiger partial charge in [-0.3, -0.25) is 0 Å². The first-order valence-corrected chi connectivity index (χ1v) is 8.12. The lowest BCUT2D eigenvalue weighted by Gasteiger charge is -2.14. The van der Waals surface area contributed by atoms with Gasteiger partial charge in [0.15, 0.2) is 0 Å². The minimum absolute atomic E-state index is 0.961. The summed E-state index contributed by atoms with van der Waals surface area (Å²) in [7, 11) is 0. The summed E-state index contributed by atoms with van der Waals surface area (Å²) >= 11 is 0. The number of aryl methyl sites for hydroxylation is 2. The smallest absolute Gasteiger partial charge is 0.127 e. The fourth-order valence-electron chi connectivity index (χ4n) is 2.04. The van der Waals surface area contributed by atoms with E-state index in [4.69, 9.17) is 0 Å². The molecule has 0 radical (unpaired) electrons. The van der Waals surface area contributed by atoms with Crippen molar-refractivity contribution >= 4 is 5.82 Å². The first kappa shape index (κ1) is 18.0. The van der Waals surface area contributed by atoms with E-state index in [0.29, 0.717) is 0 Å². The Hall–Kier alpha value is -0.990. The third-order valence-electron chi connectivity index (χ3n) is 3.09. The topological polar surface area (TPSA) is 29.9 Å². The van der Waals surface area contributed by atoms with Crippen molar-refractivity contribution in [2.75, 3.05) is 11.9 Å². The first-order chi connectivity index (χ1) is 9.33. The lowest BCUT2D eigenvalue weighted by atomic mass is 10.1. The maximum atomic E-state index is 4.27. The van der Waals surface area contributed by atoms with Crippen LogP contribution in [0.4, 0.5) is 5.82 Å². The second-order valence-electron chi connectivity index (χ2n) is 4.57. The molecule has 0 atom stereocenters. The zero-order chi connectivity index (χ0) is 14.5. The van der Waals surface area contributed by atoms with Gasteiger partial charge in [0, 0.05) is 18.7 Å². The molecule has 2 rings (SSSR count). The minimum Gasteiger partial charge on any atom is -0.370 e. The Balaban J connectivity index is 0.000000350. The molecule has 0 saturated carbocycles. The first-order valence-electron chi connectivity index (χ1n) is 8.12. The fourth-order valence-corrected chi connectivity index (χ4v) is 2.04. The average molecular weight is 267 g/mol. The monoisotopic (exact) mass is 267 g/mol. The number of unbranched alkanes of at least 4 members (excludes halogenated alkanes) is 3.